The third-order valence-electron chi connectivity index (χ3n) is 2.71. The Morgan fingerprint density at radius 3 is 2.78 bits per heavy atom. The molecular formula is C12H16N2O4. The van der Waals surface area contributed by atoms with Crippen molar-refractivity contribution in [1.82, 2.24) is 5.32 Å². The summed E-state index contributed by atoms with van der Waals surface area (Å²) in [5.41, 5.74) is 0.0616. The molecule has 98 valence electrons. The molecule has 0 spiro atoms. The first-order chi connectivity index (χ1) is 8.65. The van der Waals surface area contributed by atoms with Gasteiger partial charge in [0, 0.05) is 25.2 Å². The van der Waals surface area contributed by atoms with Gasteiger partial charge in [-0.1, -0.05) is 0 Å². The number of hydrogen-bond acceptors (Lipinski definition) is 5. The summed E-state index contributed by atoms with van der Waals surface area (Å²) >= 11 is 0. The number of nitro benzene ring substituents is 1. The lowest BCUT2D eigenvalue weighted by Crippen LogP contribution is -2.45. The van der Waals surface area contributed by atoms with Crippen molar-refractivity contribution in [2.75, 3.05) is 19.7 Å². The van der Waals surface area contributed by atoms with Crippen LogP contribution in [0.15, 0.2) is 24.3 Å². The van der Waals surface area contributed by atoms with Crippen LogP contribution in [-0.2, 0) is 4.74 Å². The van der Waals surface area contributed by atoms with Crippen molar-refractivity contribution in [1.29, 1.82) is 0 Å². The highest BCUT2D eigenvalue weighted by Gasteiger charge is 2.19. The summed E-state index contributed by atoms with van der Waals surface area (Å²) in [6.07, 6.45) is 0.202. The van der Waals surface area contributed by atoms with Crippen LogP contribution in [0.1, 0.15) is 6.92 Å². The maximum atomic E-state index is 10.5. The Bertz CT molecular complexity index is 407. The zero-order valence-electron chi connectivity index (χ0n) is 10.2. The molecule has 1 aromatic rings. The molecule has 0 radical (unpaired) electrons. The Kier molecular flexibility index (Phi) is 4.11. The molecule has 2 unspecified atom stereocenters. The number of rotatable bonds is 4. The standard InChI is InChI=1S/C12H16N2O4/c1-9-6-13-7-12(18-9)8-17-11-4-2-10(3-5-11)14(15)16/h2-5,9,12-13H,6-8H2,1H3. The van der Waals surface area contributed by atoms with Gasteiger partial charge in [-0.05, 0) is 19.1 Å². The summed E-state index contributed by atoms with van der Waals surface area (Å²) in [6.45, 7) is 4.06. The summed E-state index contributed by atoms with van der Waals surface area (Å²) in [4.78, 5) is 10.1. The molecule has 0 bridgehead atoms. The molecule has 2 rings (SSSR count). The number of morpholine rings is 1. The van der Waals surface area contributed by atoms with Crippen molar-refractivity contribution in [3.63, 3.8) is 0 Å². The van der Waals surface area contributed by atoms with Gasteiger partial charge in [-0.25, -0.2) is 0 Å². The van der Waals surface area contributed by atoms with Gasteiger partial charge in [-0.15, -0.1) is 0 Å². The minimum absolute atomic E-state index is 0.0175. The highest BCUT2D eigenvalue weighted by atomic mass is 16.6. The number of ether oxygens (including phenoxy) is 2. The van der Waals surface area contributed by atoms with E-state index in [1.54, 1.807) is 12.1 Å². The van der Waals surface area contributed by atoms with Crippen molar-refractivity contribution in [2.24, 2.45) is 0 Å². The molecule has 0 aromatic heterocycles. The predicted molar refractivity (Wildman–Crippen MR) is 65.8 cm³/mol. The fraction of sp³-hybridized carbons (Fsp3) is 0.500. The molecule has 0 aliphatic carbocycles. The maximum Gasteiger partial charge on any atom is 0.269 e. The van der Waals surface area contributed by atoms with Crippen molar-refractivity contribution >= 4 is 5.69 Å². The minimum Gasteiger partial charge on any atom is -0.491 e. The zero-order chi connectivity index (χ0) is 13.0. The van der Waals surface area contributed by atoms with E-state index in [0.717, 1.165) is 13.1 Å². The summed E-state index contributed by atoms with van der Waals surface area (Å²) in [7, 11) is 0. The molecule has 1 heterocycles. The fourth-order valence-electron chi connectivity index (χ4n) is 1.82. The largest absolute Gasteiger partial charge is 0.491 e. The van der Waals surface area contributed by atoms with E-state index in [9.17, 15) is 10.1 Å². The van der Waals surface area contributed by atoms with Crippen molar-refractivity contribution in [2.45, 2.75) is 19.1 Å². The van der Waals surface area contributed by atoms with Gasteiger partial charge in [-0.3, -0.25) is 10.1 Å². The highest BCUT2D eigenvalue weighted by Crippen LogP contribution is 2.17. The van der Waals surface area contributed by atoms with Crippen LogP contribution in [0.3, 0.4) is 0 Å². The van der Waals surface area contributed by atoms with E-state index in [-0.39, 0.29) is 17.9 Å². The second-order valence-corrected chi connectivity index (χ2v) is 4.29. The molecule has 1 aromatic carbocycles. The quantitative estimate of drug-likeness (QED) is 0.646. The summed E-state index contributed by atoms with van der Waals surface area (Å²) in [6, 6.07) is 6.05. The third kappa shape index (κ3) is 3.41. The third-order valence-corrected chi connectivity index (χ3v) is 2.71. The second-order valence-electron chi connectivity index (χ2n) is 4.29. The van der Waals surface area contributed by atoms with Crippen LogP contribution < -0.4 is 10.1 Å². The molecule has 1 aliphatic heterocycles. The van der Waals surface area contributed by atoms with Gasteiger partial charge in [0.05, 0.1) is 11.0 Å². The van der Waals surface area contributed by atoms with Gasteiger partial charge in [0.1, 0.15) is 18.5 Å². The van der Waals surface area contributed by atoms with Gasteiger partial charge in [0.2, 0.25) is 0 Å². The lowest BCUT2D eigenvalue weighted by Gasteiger charge is -2.28. The molecule has 0 saturated carbocycles. The number of nitro groups is 1. The van der Waals surface area contributed by atoms with Gasteiger partial charge in [-0.2, -0.15) is 0 Å². The molecule has 1 fully saturated rings. The van der Waals surface area contributed by atoms with Gasteiger partial charge in [0.15, 0.2) is 0 Å². The Hall–Kier alpha value is -1.66. The van der Waals surface area contributed by atoms with Crippen LogP contribution in [0.25, 0.3) is 0 Å². The van der Waals surface area contributed by atoms with Crippen LogP contribution in [0.2, 0.25) is 0 Å². The van der Waals surface area contributed by atoms with Crippen LogP contribution in [-0.4, -0.2) is 36.8 Å². The Labute approximate surface area is 105 Å². The lowest BCUT2D eigenvalue weighted by molar-refractivity contribution is -0.384. The Balaban J connectivity index is 1.84. The number of benzene rings is 1. The molecule has 1 N–H and O–H groups in total. The number of non-ortho nitro benzene ring substituents is 1. The van der Waals surface area contributed by atoms with E-state index < -0.39 is 4.92 Å². The first kappa shape index (κ1) is 12.8. The number of nitrogens with one attached hydrogen (secondary N) is 1. The first-order valence-corrected chi connectivity index (χ1v) is 5.88. The van der Waals surface area contributed by atoms with Crippen LogP contribution in [0.5, 0.6) is 5.75 Å². The van der Waals surface area contributed by atoms with E-state index in [1.165, 1.54) is 12.1 Å². The normalized spacial score (nSPS) is 23.6. The number of nitrogens with zero attached hydrogens (tertiary/aromatic N) is 1. The summed E-state index contributed by atoms with van der Waals surface area (Å²) in [5, 5.41) is 13.7. The average Bonchev–Trinajstić information content (AvgIpc) is 2.37. The molecule has 1 aliphatic rings. The van der Waals surface area contributed by atoms with Crippen LogP contribution in [0, 0.1) is 10.1 Å². The lowest BCUT2D eigenvalue weighted by atomic mass is 10.2. The Morgan fingerprint density at radius 2 is 2.17 bits per heavy atom. The van der Waals surface area contributed by atoms with Crippen LogP contribution in [0.4, 0.5) is 5.69 Å². The molecule has 1 saturated heterocycles. The smallest absolute Gasteiger partial charge is 0.269 e. The van der Waals surface area contributed by atoms with E-state index in [1.807, 2.05) is 6.92 Å². The van der Waals surface area contributed by atoms with Gasteiger partial charge in [0.25, 0.3) is 5.69 Å². The minimum atomic E-state index is -0.431. The van der Waals surface area contributed by atoms with Crippen LogP contribution >= 0.6 is 0 Å². The average molecular weight is 252 g/mol. The van der Waals surface area contributed by atoms with E-state index in [0.29, 0.717) is 12.4 Å². The maximum absolute atomic E-state index is 10.5. The predicted octanol–water partition coefficient (Wildman–Crippen LogP) is 1.35. The van der Waals surface area contributed by atoms with Crippen molar-refractivity contribution in [3.05, 3.63) is 34.4 Å². The van der Waals surface area contributed by atoms with Crippen molar-refractivity contribution in [3.8, 4) is 5.75 Å². The SMILES string of the molecule is CC1CNCC(COc2ccc([N+](=O)[O-])cc2)O1. The van der Waals surface area contributed by atoms with Crippen molar-refractivity contribution < 1.29 is 14.4 Å². The summed E-state index contributed by atoms with van der Waals surface area (Å²) < 4.78 is 11.2. The Morgan fingerprint density at radius 1 is 1.44 bits per heavy atom. The van der Waals surface area contributed by atoms with E-state index >= 15 is 0 Å². The molecular weight excluding hydrogens is 236 g/mol. The molecule has 18 heavy (non-hydrogen) atoms. The summed E-state index contributed by atoms with van der Waals surface area (Å²) in [5.74, 6) is 0.613. The molecule has 6 nitrogen and oxygen atoms in total. The van der Waals surface area contributed by atoms with E-state index in [2.05, 4.69) is 5.32 Å². The first-order valence-electron chi connectivity index (χ1n) is 5.88. The van der Waals surface area contributed by atoms with Gasteiger partial charge < -0.3 is 14.8 Å². The topological polar surface area (TPSA) is 73.6 Å². The highest BCUT2D eigenvalue weighted by molar-refractivity contribution is 5.35. The number of hydrogen-bond donors (Lipinski definition) is 1. The molecule has 0 amide bonds. The zero-order valence-corrected chi connectivity index (χ0v) is 10.2. The monoisotopic (exact) mass is 252 g/mol. The van der Waals surface area contributed by atoms with E-state index in [4.69, 9.17) is 9.47 Å². The second kappa shape index (κ2) is 5.79. The van der Waals surface area contributed by atoms with Gasteiger partial charge >= 0.3 is 0 Å². The fourth-order valence-corrected chi connectivity index (χ4v) is 1.82. The molecule has 2 atom stereocenters. The molecule has 6 heteroatoms.